The second-order valence-electron chi connectivity index (χ2n) is 5.21. The number of benzene rings is 1. The first-order chi connectivity index (χ1) is 9.34. The van der Waals surface area contributed by atoms with Gasteiger partial charge in [0.2, 0.25) is 5.91 Å². The Labute approximate surface area is 125 Å². The van der Waals surface area contributed by atoms with Crippen LogP contribution in [0, 0.1) is 0 Å². The number of para-hydroxylation sites is 1. The number of morpholine rings is 1. The molecule has 2 aliphatic rings. The summed E-state index contributed by atoms with van der Waals surface area (Å²) in [7, 11) is 0. The van der Waals surface area contributed by atoms with Gasteiger partial charge in [0.05, 0.1) is 25.3 Å². The smallest absolute Gasteiger partial charge is 0.242 e. The Morgan fingerprint density at radius 1 is 1.30 bits per heavy atom. The van der Waals surface area contributed by atoms with Crippen molar-refractivity contribution in [3.05, 3.63) is 30.3 Å². The van der Waals surface area contributed by atoms with E-state index in [9.17, 15) is 4.79 Å². The molecule has 4 nitrogen and oxygen atoms in total. The van der Waals surface area contributed by atoms with Crippen LogP contribution in [0.2, 0.25) is 0 Å². The van der Waals surface area contributed by atoms with E-state index >= 15 is 0 Å². The van der Waals surface area contributed by atoms with E-state index in [4.69, 9.17) is 4.74 Å². The monoisotopic (exact) mass is 296 g/mol. The van der Waals surface area contributed by atoms with Gasteiger partial charge in [-0.2, -0.15) is 0 Å². The van der Waals surface area contributed by atoms with E-state index < -0.39 is 0 Å². The molecule has 1 aliphatic heterocycles. The van der Waals surface area contributed by atoms with Crippen LogP contribution in [0.3, 0.4) is 0 Å². The Kier molecular flexibility index (Phi) is 5.26. The molecular formula is C15H21ClN2O2. The minimum absolute atomic E-state index is 0. The molecule has 1 heterocycles. The Balaban J connectivity index is 0.00000147. The van der Waals surface area contributed by atoms with Gasteiger partial charge in [-0.15, -0.1) is 12.4 Å². The van der Waals surface area contributed by atoms with Crippen LogP contribution in [-0.2, 0) is 9.53 Å². The number of nitrogens with zero attached hydrogens (tertiary/aromatic N) is 1. The minimum atomic E-state index is 0. The molecule has 0 radical (unpaired) electrons. The van der Waals surface area contributed by atoms with Crippen molar-refractivity contribution < 1.29 is 9.53 Å². The van der Waals surface area contributed by atoms with E-state index in [1.54, 1.807) is 0 Å². The van der Waals surface area contributed by atoms with Crippen molar-refractivity contribution in [2.75, 3.05) is 25.0 Å². The second-order valence-corrected chi connectivity index (χ2v) is 5.21. The third-order valence-electron chi connectivity index (χ3n) is 4.02. The lowest BCUT2D eigenvalue weighted by Crippen LogP contribution is -2.52. The lowest BCUT2D eigenvalue weighted by atomic mass is 10.1. The number of anilines is 1. The summed E-state index contributed by atoms with van der Waals surface area (Å²) in [6.45, 7) is 1.78. The zero-order valence-electron chi connectivity index (χ0n) is 11.5. The number of carbonyl (C=O) groups excluding carboxylic acids is 1. The summed E-state index contributed by atoms with van der Waals surface area (Å²) >= 11 is 0. The number of nitrogens with one attached hydrogen (secondary N) is 1. The highest BCUT2D eigenvalue weighted by Crippen LogP contribution is 2.29. The summed E-state index contributed by atoms with van der Waals surface area (Å²) in [4.78, 5) is 14.3. The van der Waals surface area contributed by atoms with Crippen LogP contribution in [0.25, 0.3) is 0 Å². The van der Waals surface area contributed by atoms with Gasteiger partial charge >= 0.3 is 0 Å². The Bertz CT molecular complexity index is 441. The molecular weight excluding hydrogens is 276 g/mol. The number of carbonyl (C=O) groups is 1. The first kappa shape index (κ1) is 15.1. The van der Waals surface area contributed by atoms with Crippen LogP contribution in [0.1, 0.15) is 19.3 Å². The van der Waals surface area contributed by atoms with E-state index in [0.717, 1.165) is 25.1 Å². The normalized spacial score (nSPS) is 24.7. The average Bonchev–Trinajstić information content (AvgIpc) is 2.94. The van der Waals surface area contributed by atoms with E-state index in [2.05, 4.69) is 5.32 Å². The number of amides is 1. The predicted octanol–water partition coefficient (Wildman–Crippen LogP) is 2.30. The van der Waals surface area contributed by atoms with Gasteiger partial charge in [-0.3, -0.25) is 4.79 Å². The van der Waals surface area contributed by atoms with Crippen LogP contribution in [0.4, 0.5) is 5.69 Å². The molecule has 0 aromatic heterocycles. The number of hydrogen-bond donors (Lipinski definition) is 1. The minimum Gasteiger partial charge on any atom is -0.376 e. The molecule has 2 unspecified atom stereocenters. The Morgan fingerprint density at radius 3 is 2.90 bits per heavy atom. The third kappa shape index (κ3) is 3.25. The van der Waals surface area contributed by atoms with Crippen LogP contribution in [0.5, 0.6) is 0 Å². The van der Waals surface area contributed by atoms with Gasteiger partial charge in [-0.1, -0.05) is 18.2 Å². The van der Waals surface area contributed by atoms with Gasteiger partial charge in [0, 0.05) is 12.2 Å². The molecule has 1 N–H and O–H groups in total. The highest BCUT2D eigenvalue weighted by molar-refractivity contribution is 5.85. The van der Waals surface area contributed by atoms with Crippen molar-refractivity contribution in [2.24, 2.45) is 0 Å². The molecule has 2 fully saturated rings. The Hall–Kier alpha value is -1.26. The van der Waals surface area contributed by atoms with Gasteiger partial charge in [-0.25, -0.2) is 0 Å². The number of hydrogen-bond acceptors (Lipinski definition) is 3. The summed E-state index contributed by atoms with van der Waals surface area (Å²) in [6.07, 6.45) is 3.63. The van der Waals surface area contributed by atoms with E-state index in [1.807, 2.05) is 35.2 Å². The lowest BCUT2D eigenvalue weighted by molar-refractivity contribution is -0.142. The van der Waals surface area contributed by atoms with Gasteiger partial charge < -0.3 is 15.0 Å². The predicted molar refractivity (Wildman–Crippen MR) is 81.3 cm³/mol. The standard InChI is InChI=1S/C15H20N2O2.ClH/c18-15(11-16-12-5-2-1-3-6-12)17-9-10-19-14-8-4-7-13(14)17;/h1-3,5-6,13-14,16H,4,7-11H2;1H. The second kappa shape index (κ2) is 6.95. The lowest BCUT2D eigenvalue weighted by Gasteiger charge is -2.37. The average molecular weight is 297 g/mol. The molecule has 3 rings (SSSR count). The molecule has 1 saturated heterocycles. The molecule has 1 aliphatic carbocycles. The highest BCUT2D eigenvalue weighted by atomic mass is 35.5. The molecule has 2 atom stereocenters. The number of fused-ring (bicyclic) bond motifs is 1. The molecule has 0 spiro atoms. The van der Waals surface area contributed by atoms with Crippen LogP contribution >= 0.6 is 12.4 Å². The van der Waals surface area contributed by atoms with Crippen molar-refractivity contribution in [1.29, 1.82) is 0 Å². The molecule has 5 heteroatoms. The van der Waals surface area contributed by atoms with Crippen LogP contribution in [0.15, 0.2) is 30.3 Å². The molecule has 0 bridgehead atoms. The van der Waals surface area contributed by atoms with Crippen molar-refractivity contribution in [3.63, 3.8) is 0 Å². The van der Waals surface area contributed by atoms with E-state index in [-0.39, 0.29) is 24.4 Å². The highest BCUT2D eigenvalue weighted by Gasteiger charge is 2.37. The molecule has 110 valence electrons. The molecule has 1 amide bonds. The Morgan fingerprint density at radius 2 is 2.10 bits per heavy atom. The maximum atomic E-state index is 12.3. The third-order valence-corrected chi connectivity index (χ3v) is 4.02. The van der Waals surface area contributed by atoms with Crippen molar-refractivity contribution >= 4 is 24.0 Å². The maximum absolute atomic E-state index is 12.3. The fourth-order valence-corrected chi connectivity index (χ4v) is 3.07. The van der Waals surface area contributed by atoms with Gasteiger partial charge in [0.15, 0.2) is 0 Å². The summed E-state index contributed by atoms with van der Waals surface area (Å²) in [5.41, 5.74) is 0.993. The summed E-state index contributed by atoms with van der Waals surface area (Å²) in [5, 5.41) is 3.19. The molecule has 1 aromatic rings. The summed E-state index contributed by atoms with van der Waals surface area (Å²) < 4.78 is 5.73. The van der Waals surface area contributed by atoms with Crippen molar-refractivity contribution in [3.8, 4) is 0 Å². The van der Waals surface area contributed by atoms with Crippen molar-refractivity contribution in [2.45, 2.75) is 31.4 Å². The quantitative estimate of drug-likeness (QED) is 0.930. The SMILES string of the molecule is Cl.O=C(CNc1ccccc1)N1CCOC2CCCC21. The van der Waals surface area contributed by atoms with Crippen LogP contribution in [-0.4, -0.2) is 42.6 Å². The van der Waals surface area contributed by atoms with Crippen LogP contribution < -0.4 is 5.32 Å². The van der Waals surface area contributed by atoms with Crippen molar-refractivity contribution in [1.82, 2.24) is 4.90 Å². The number of halogens is 1. The fraction of sp³-hybridized carbons (Fsp3) is 0.533. The number of rotatable bonds is 3. The zero-order chi connectivity index (χ0) is 13.1. The zero-order valence-corrected chi connectivity index (χ0v) is 12.3. The summed E-state index contributed by atoms with van der Waals surface area (Å²) in [6, 6.07) is 10.2. The molecule has 1 saturated carbocycles. The topological polar surface area (TPSA) is 41.6 Å². The fourth-order valence-electron chi connectivity index (χ4n) is 3.07. The molecule has 20 heavy (non-hydrogen) atoms. The summed E-state index contributed by atoms with van der Waals surface area (Å²) in [5.74, 6) is 0.184. The molecule has 1 aromatic carbocycles. The largest absolute Gasteiger partial charge is 0.376 e. The first-order valence-electron chi connectivity index (χ1n) is 7.04. The maximum Gasteiger partial charge on any atom is 0.242 e. The van der Waals surface area contributed by atoms with Gasteiger partial charge in [0.25, 0.3) is 0 Å². The van der Waals surface area contributed by atoms with Gasteiger partial charge in [0.1, 0.15) is 0 Å². The van der Waals surface area contributed by atoms with E-state index in [0.29, 0.717) is 19.2 Å². The van der Waals surface area contributed by atoms with E-state index in [1.165, 1.54) is 6.42 Å². The van der Waals surface area contributed by atoms with Gasteiger partial charge in [-0.05, 0) is 31.4 Å². The first-order valence-corrected chi connectivity index (χ1v) is 7.04. The number of ether oxygens (including phenoxy) is 1.